The number of aryl methyl sites for hydroxylation is 3. The molecule has 0 unspecified atom stereocenters. The van der Waals surface area contributed by atoms with Gasteiger partial charge < -0.3 is 9.67 Å². The maximum atomic E-state index is 9.41. The predicted molar refractivity (Wildman–Crippen MR) is 86.5 cm³/mol. The largest absolute Gasteiger partial charge is 0.395 e. The van der Waals surface area contributed by atoms with E-state index in [1.807, 2.05) is 12.1 Å². The van der Waals surface area contributed by atoms with E-state index in [9.17, 15) is 5.11 Å². The summed E-state index contributed by atoms with van der Waals surface area (Å²) < 4.78 is 2.12. The minimum absolute atomic E-state index is 0.108. The van der Waals surface area contributed by atoms with E-state index in [4.69, 9.17) is 4.98 Å². The Morgan fingerprint density at radius 2 is 1.71 bits per heavy atom. The zero-order valence-electron chi connectivity index (χ0n) is 12.7. The third kappa shape index (κ3) is 2.34. The molecule has 1 N–H and O–H groups in total. The predicted octanol–water partition coefficient (Wildman–Crippen LogP) is 3.62. The van der Waals surface area contributed by atoms with Crippen molar-refractivity contribution in [2.24, 2.45) is 0 Å². The molecule has 0 aliphatic heterocycles. The van der Waals surface area contributed by atoms with Gasteiger partial charge in [-0.2, -0.15) is 0 Å². The van der Waals surface area contributed by atoms with Crippen LogP contribution in [-0.2, 0) is 6.54 Å². The highest BCUT2D eigenvalue weighted by Crippen LogP contribution is 2.28. The lowest BCUT2D eigenvalue weighted by atomic mass is 10.1. The van der Waals surface area contributed by atoms with E-state index < -0.39 is 0 Å². The lowest BCUT2D eigenvalue weighted by molar-refractivity contribution is 0.278. The molecular weight excluding hydrogens is 260 g/mol. The van der Waals surface area contributed by atoms with Crippen molar-refractivity contribution >= 4 is 11.0 Å². The van der Waals surface area contributed by atoms with E-state index in [1.54, 1.807) is 0 Å². The Hall–Kier alpha value is -2.13. The Morgan fingerprint density at radius 1 is 1.00 bits per heavy atom. The topological polar surface area (TPSA) is 38.0 Å². The molecule has 3 heteroatoms. The zero-order chi connectivity index (χ0) is 15.0. The highest BCUT2D eigenvalue weighted by molar-refractivity contribution is 5.82. The second-order valence-electron chi connectivity index (χ2n) is 5.55. The number of hydrogen-bond acceptors (Lipinski definition) is 2. The van der Waals surface area contributed by atoms with Gasteiger partial charge >= 0.3 is 0 Å². The fourth-order valence-electron chi connectivity index (χ4n) is 2.74. The van der Waals surface area contributed by atoms with Crippen LogP contribution in [0.25, 0.3) is 22.4 Å². The van der Waals surface area contributed by atoms with Gasteiger partial charge in [-0.3, -0.25) is 0 Å². The second kappa shape index (κ2) is 5.34. The molecule has 0 aliphatic carbocycles. The van der Waals surface area contributed by atoms with Crippen LogP contribution >= 0.6 is 0 Å². The van der Waals surface area contributed by atoms with Gasteiger partial charge in [0.25, 0.3) is 0 Å². The third-order valence-electron chi connectivity index (χ3n) is 4.07. The number of hydrogen-bond donors (Lipinski definition) is 1. The van der Waals surface area contributed by atoms with E-state index in [0.29, 0.717) is 6.54 Å². The van der Waals surface area contributed by atoms with Gasteiger partial charge in [0, 0.05) is 12.1 Å². The smallest absolute Gasteiger partial charge is 0.141 e. The third-order valence-corrected chi connectivity index (χ3v) is 4.07. The fourth-order valence-corrected chi connectivity index (χ4v) is 2.74. The lowest BCUT2D eigenvalue weighted by Gasteiger charge is -2.10. The highest BCUT2D eigenvalue weighted by Gasteiger charge is 2.14. The van der Waals surface area contributed by atoms with Crippen molar-refractivity contribution in [2.75, 3.05) is 6.61 Å². The maximum Gasteiger partial charge on any atom is 0.141 e. The summed E-state index contributed by atoms with van der Waals surface area (Å²) in [7, 11) is 0. The molecule has 0 spiro atoms. The second-order valence-corrected chi connectivity index (χ2v) is 5.55. The van der Waals surface area contributed by atoms with Crippen molar-refractivity contribution < 1.29 is 5.11 Å². The molecule has 0 radical (unpaired) electrons. The van der Waals surface area contributed by atoms with Crippen LogP contribution in [0.2, 0.25) is 0 Å². The molecule has 0 amide bonds. The number of aliphatic hydroxyl groups excluding tert-OH is 1. The Morgan fingerprint density at radius 3 is 2.43 bits per heavy atom. The summed E-state index contributed by atoms with van der Waals surface area (Å²) in [5.74, 6) is 0.933. The van der Waals surface area contributed by atoms with Crippen molar-refractivity contribution in [2.45, 2.75) is 27.3 Å². The molecule has 3 rings (SSSR count). The molecule has 0 fully saturated rings. The molecule has 108 valence electrons. The van der Waals surface area contributed by atoms with Crippen LogP contribution in [0.4, 0.5) is 0 Å². The van der Waals surface area contributed by atoms with Gasteiger partial charge in [0.1, 0.15) is 5.82 Å². The van der Waals surface area contributed by atoms with Crippen LogP contribution in [-0.4, -0.2) is 21.3 Å². The standard InChI is InChI=1S/C18H20N2O/c1-12-6-4-5-7-15(12)18-19-16-10-13(2)14(3)11-17(16)20(18)8-9-21/h4-7,10-11,21H,8-9H2,1-3H3. The van der Waals surface area contributed by atoms with E-state index in [0.717, 1.165) is 22.4 Å². The van der Waals surface area contributed by atoms with Crippen LogP contribution in [0.5, 0.6) is 0 Å². The van der Waals surface area contributed by atoms with Crippen molar-refractivity contribution in [3.63, 3.8) is 0 Å². The summed E-state index contributed by atoms with van der Waals surface area (Å²) in [5.41, 5.74) is 6.89. The molecule has 1 heterocycles. The number of rotatable bonds is 3. The number of fused-ring (bicyclic) bond motifs is 1. The van der Waals surface area contributed by atoms with E-state index in [-0.39, 0.29) is 6.61 Å². The van der Waals surface area contributed by atoms with Gasteiger partial charge in [-0.05, 0) is 49.6 Å². The summed E-state index contributed by atoms with van der Waals surface area (Å²) in [6, 6.07) is 12.5. The molecule has 21 heavy (non-hydrogen) atoms. The molecule has 0 aliphatic rings. The molecule has 3 nitrogen and oxygen atoms in total. The van der Waals surface area contributed by atoms with E-state index >= 15 is 0 Å². The highest BCUT2D eigenvalue weighted by atomic mass is 16.3. The first-order chi connectivity index (χ1) is 10.1. The SMILES string of the molecule is Cc1cc2nc(-c3ccccc3C)n(CCO)c2cc1C. The summed E-state index contributed by atoms with van der Waals surface area (Å²) in [5, 5.41) is 9.41. The molecule has 0 saturated heterocycles. The Balaban J connectivity index is 2.32. The van der Waals surface area contributed by atoms with Gasteiger partial charge in [0.05, 0.1) is 17.6 Å². The Bertz CT molecular complexity index is 802. The van der Waals surface area contributed by atoms with E-state index in [2.05, 4.69) is 49.6 Å². The minimum atomic E-state index is 0.108. The summed E-state index contributed by atoms with van der Waals surface area (Å²) in [4.78, 5) is 4.82. The Kier molecular flexibility index (Phi) is 3.52. The van der Waals surface area contributed by atoms with Gasteiger partial charge in [0.15, 0.2) is 0 Å². The summed E-state index contributed by atoms with van der Waals surface area (Å²) in [6.45, 7) is 6.97. The number of aliphatic hydroxyl groups is 1. The van der Waals surface area contributed by atoms with Gasteiger partial charge in [-0.1, -0.05) is 24.3 Å². The van der Waals surface area contributed by atoms with Crippen molar-refractivity contribution in [3.05, 3.63) is 53.1 Å². The molecule has 3 aromatic rings. The van der Waals surface area contributed by atoms with Crippen LogP contribution in [0, 0.1) is 20.8 Å². The first-order valence-corrected chi connectivity index (χ1v) is 7.26. The van der Waals surface area contributed by atoms with Crippen molar-refractivity contribution in [1.29, 1.82) is 0 Å². The number of imidazole rings is 1. The Labute approximate surface area is 124 Å². The first kappa shape index (κ1) is 13.8. The normalized spacial score (nSPS) is 11.2. The van der Waals surface area contributed by atoms with Crippen LogP contribution in [0.1, 0.15) is 16.7 Å². The van der Waals surface area contributed by atoms with Crippen molar-refractivity contribution in [1.82, 2.24) is 9.55 Å². The summed E-state index contributed by atoms with van der Waals surface area (Å²) in [6.07, 6.45) is 0. The molecular formula is C18H20N2O. The molecule has 1 aromatic heterocycles. The van der Waals surface area contributed by atoms with E-state index in [1.165, 1.54) is 16.7 Å². The zero-order valence-corrected chi connectivity index (χ0v) is 12.7. The average Bonchev–Trinajstić information content (AvgIpc) is 2.79. The number of nitrogens with zero attached hydrogens (tertiary/aromatic N) is 2. The molecule has 0 atom stereocenters. The van der Waals surface area contributed by atoms with Crippen molar-refractivity contribution in [3.8, 4) is 11.4 Å². The van der Waals surface area contributed by atoms with Crippen LogP contribution in [0.3, 0.4) is 0 Å². The molecule has 0 saturated carbocycles. The average molecular weight is 280 g/mol. The van der Waals surface area contributed by atoms with Crippen LogP contribution in [0.15, 0.2) is 36.4 Å². The molecule has 2 aromatic carbocycles. The van der Waals surface area contributed by atoms with Gasteiger partial charge in [0.2, 0.25) is 0 Å². The van der Waals surface area contributed by atoms with Gasteiger partial charge in [-0.15, -0.1) is 0 Å². The fraction of sp³-hybridized carbons (Fsp3) is 0.278. The summed E-state index contributed by atoms with van der Waals surface area (Å²) >= 11 is 0. The number of benzene rings is 2. The molecule has 0 bridgehead atoms. The monoisotopic (exact) mass is 280 g/mol. The lowest BCUT2D eigenvalue weighted by Crippen LogP contribution is -2.05. The first-order valence-electron chi connectivity index (χ1n) is 7.26. The number of aromatic nitrogens is 2. The van der Waals surface area contributed by atoms with Gasteiger partial charge in [-0.25, -0.2) is 4.98 Å². The maximum absolute atomic E-state index is 9.41. The van der Waals surface area contributed by atoms with Crippen LogP contribution < -0.4 is 0 Å². The quantitative estimate of drug-likeness (QED) is 0.795. The minimum Gasteiger partial charge on any atom is -0.395 e.